The van der Waals surface area contributed by atoms with E-state index in [1.807, 2.05) is 18.2 Å². The van der Waals surface area contributed by atoms with Gasteiger partial charge in [0.25, 0.3) is 5.56 Å². The third-order valence-electron chi connectivity index (χ3n) is 3.71. The number of rotatable bonds is 4. The van der Waals surface area contributed by atoms with Gasteiger partial charge in [-0.05, 0) is 12.1 Å². The van der Waals surface area contributed by atoms with Gasteiger partial charge in [-0.3, -0.25) is 14.3 Å². The van der Waals surface area contributed by atoms with Crippen LogP contribution in [0.2, 0.25) is 0 Å². The van der Waals surface area contributed by atoms with Gasteiger partial charge in [0.2, 0.25) is 0 Å². The van der Waals surface area contributed by atoms with Crippen LogP contribution in [0.25, 0.3) is 10.9 Å². The second-order valence-electron chi connectivity index (χ2n) is 5.29. The number of β-amino-alcohol motifs (C(OH)–C–C–N with tert-alkyl or cyclic N) is 1. The van der Waals surface area contributed by atoms with Gasteiger partial charge < -0.3 is 9.84 Å². The molecular weight excluding hydrogens is 270 g/mol. The van der Waals surface area contributed by atoms with Gasteiger partial charge in [0.15, 0.2) is 0 Å². The molecule has 1 aliphatic rings. The third-order valence-corrected chi connectivity index (χ3v) is 3.71. The normalized spacial score (nSPS) is 18.0. The Morgan fingerprint density at radius 2 is 2.00 bits per heavy atom. The average molecular weight is 289 g/mol. The zero-order chi connectivity index (χ0) is 14.7. The van der Waals surface area contributed by atoms with Gasteiger partial charge in [0.1, 0.15) is 0 Å². The lowest BCUT2D eigenvalue weighted by Gasteiger charge is -2.28. The molecular formula is C15H19N3O3. The fourth-order valence-electron chi connectivity index (χ4n) is 2.60. The highest BCUT2D eigenvalue weighted by Crippen LogP contribution is 2.05. The lowest BCUT2D eigenvalue weighted by atomic mass is 10.2. The van der Waals surface area contributed by atoms with Gasteiger partial charge >= 0.3 is 0 Å². The van der Waals surface area contributed by atoms with E-state index in [1.54, 1.807) is 6.07 Å². The van der Waals surface area contributed by atoms with Crippen molar-refractivity contribution in [3.63, 3.8) is 0 Å². The molecule has 2 heterocycles. The van der Waals surface area contributed by atoms with Crippen molar-refractivity contribution in [3.05, 3.63) is 40.9 Å². The summed E-state index contributed by atoms with van der Waals surface area (Å²) in [6.45, 7) is 3.84. The molecule has 2 aromatic rings. The van der Waals surface area contributed by atoms with E-state index in [0.29, 0.717) is 30.7 Å². The molecule has 1 aromatic heterocycles. The summed E-state index contributed by atoms with van der Waals surface area (Å²) in [6.07, 6.45) is 0.913. The van der Waals surface area contributed by atoms with Crippen molar-refractivity contribution in [1.29, 1.82) is 0 Å². The Balaban J connectivity index is 1.72. The zero-order valence-corrected chi connectivity index (χ0v) is 11.8. The van der Waals surface area contributed by atoms with Crippen molar-refractivity contribution >= 4 is 10.9 Å². The molecule has 0 unspecified atom stereocenters. The molecule has 1 aromatic carbocycles. The first kappa shape index (κ1) is 14.2. The number of morpholine rings is 1. The number of aliphatic hydroxyl groups excluding tert-OH is 1. The van der Waals surface area contributed by atoms with Crippen molar-refractivity contribution in [2.75, 3.05) is 32.8 Å². The van der Waals surface area contributed by atoms with Crippen molar-refractivity contribution in [3.8, 4) is 0 Å². The SMILES string of the molecule is O=c1c2ccccc2ncn1C[C@@H](O)CN1CCOCC1. The molecule has 0 amide bonds. The molecule has 3 rings (SSSR count). The quantitative estimate of drug-likeness (QED) is 0.864. The van der Waals surface area contributed by atoms with E-state index in [0.717, 1.165) is 13.1 Å². The lowest BCUT2D eigenvalue weighted by molar-refractivity contribution is 0.0113. The Morgan fingerprint density at radius 1 is 1.24 bits per heavy atom. The summed E-state index contributed by atoms with van der Waals surface area (Å²) in [5.74, 6) is 0. The van der Waals surface area contributed by atoms with Crippen LogP contribution >= 0.6 is 0 Å². The van der Waals surface area contributed by atoms with Gasteiger partial charge in [0, 0.05) is 19.6 Å². The number of aromatic nitrogens is 2. The maximum atomic E-state index is 12.3. The van der Waals surface area contributed by atoms with E-state index < -0.39 is 6.10 Å². The van der Waals surface area contributed by atoms with Crippen LogP contribution < -0.4 is 5.56 Å². The van der Waals surface area contributed by atoms with Crippen LogP contribution in [0.15, 0.2) is 35.4 Å². The molecule has 1 atom stereocenters. The average Bonchev–Trinajstić information content (AvgIpc) is 2.51. The third kappa shape index (κ3) is 3.29. The molecule has 6 nitrogen and oxygen atoms in total. The van der Waals surface area contributed by atoms with E-state index in [9.17, 15) is 9.90 Å². The lowest BCUT2D eigenvalue weighted by Crippen LogP contribution is -2.42. The summed E-state index contributed by atoms with van der Waals surface area (Å²) < 4.78 is 6.76. The van der Waals surface area contributed by atoms with Crippen LogP contribution in [-0.2, 0) is 11.3 Å². The van der Waals surface area contributed by atoms with E-state index in [1.165, 1.54) is 10.9 Å². The van der Waals surface area contributed by atoms with E-state index in [-0.39, 0.29) is 12.1 Å². The van der Waals surface area contributed by atoms with Crippen molar-refractivity contribution in [2.24, 2.45) is 0 Å². The molecule has 0 saturated carbocycles. The topological polar surface area (TPSA) is 67.6 Å². The second-order valence-corrected chi connectivity index (χ2v) is 5.29. The smallest absolute Gasteiger partial charge is 0.261 e. The number of nitrogens with zero attached hydrogens (tertiary/aromatic N) is 3. The van der Waals surface area contributed by atoms with Crippen LogP contribution in [-0.4, -0.2) is 58.5 Å². The Bertz CT molecular complexity index is 665. The highest BCUT2D eigenvalue weighted by molar-refractivity contribution is 5.76. The number of fused-ring (bicyclic) bond motifs is 1. The first-order valence-electron chi connectivity index (χ1n) is 7.16. The van der Waals surface area contributed by atoms with Gasteiger partial charge in [-0.1, -0.05) is 12.1 Å². The van der Waals surface area contributed by atoms with Crippen LogP contribution in [0.4, 0.5) is 0 Å². The Hall–Kier alpha value is -1.76. The minimum atomic E-state index is -0.594. The van der Waals surface area contributed by atoms with E-state index >= 15 is 0 Å². The number of aliphatic hydroxyl groups is 1. The molecule has 21 heavy (non-hydrogen) atoms. The Labute approximate surface area is 122 Å². The van der Waals surface area contributed by atoms with Gasteiger partial charge in [0.05, 0.1) is 43.1 Å². The van der Waals surface area contributed by atoms with Crippen LogP contribution in [0.1, 0.15) is 0 Å². The minimum Gasteiger partial charge on any atom is -0.390 e. The summed E-state index contributed by atoms with van der Waals surface area (Å²) in [7, 11) is 0. The molecule has 1 aliphatic heterocycles. The zero-order valence-electron chi connectivity index (χ0n) is 11.8. The Morgan fingerprint density at radius 3 is 2.81 bits per heavy atom. The molecule has 0 bridgehead atoms. The summed E-state index contributed by atoms with van der Waals surface area (Å²) in [5, 5.41) is 10.8. The van der Waals surface area contributed by atoms with Crippen LogP contribution in [0.3, 0.4) is 0 Å². The summed E-state index contributed by atoms with van der Waals surface area (Å²) in [6, 6.07) is 7.24. The molecule has 6 heteroatoms. The first-order chi connectivity index (χ1) is 10.2. The molecule has 0 spiro atoms. The van der Waals surface area contributed by atoms with E-state index in [2.05, 4.69) is 9.88 Å². The highest BCUT2D eigenvalue weighted by atomic mass is 16.5. The molecule has 1 saturated heterocycles. The second kappa shape index (κ2) is 6.34. The largest absolute Gasteiger partial charge is 0.390 e. The fourth-order valence-corrected chi connectivity index (χ4v) is 2.60. The number of para-hydroxylation sites is 1. The number of hydrogen-bond donors (Lipinski definition) is 1. The predicted molar refractivity (Wildman–Crippen MR) is 79.3 cm³/mol. The maximum absolute atomic E-state index is 12.3. The monoisotopic (exact) mass is 289 g/mol. The van der Waals surface area contributed by atoms with Crippen molar-refractivity contribution < 1.29 is 9.84 Å². The summed E-state index contributed by atoms with van der Waals surface area (Å²) in [4.78, 5) is 18.7. The Kier molecular flexibility index (Phi) is 4.28. The summed E-state index contributed by atoms with van der Waals surface area (Å²) in [5.41, 5.74) is 0.572. The minimum absolute atomic E-state index is 0.110. The molecule has 0 aliphatic carbocycles. The first-order valence-corrected chi connectivity index (χ1v) is 7.16. The number of benzene rings is 1. The molecule has 0 radical (unpaired) electrons. The van der Waals surface area contributed by atoms with Gasteiger partial charge in [-0.2, -0.15) is 0 Å². The fraction of sp³-hybridized carbons (Fsp3) is 0.467. The highest BCUT2D eigenvalue weighted by Gasteiger charge is 2.16. The standard InChI is InChI=1S/C15H19N3O3/c19-12(9-17-5-7-21-8-6-17)10-18-11-16-14-4-2-1-3-13(14)15(18)20/h1-4,11-12,19H,5-10H2/t12-/m0/s1. The number of hydrogen-bond acceptors (Lipinski definition) is 5. The molecule has 1 fully saturated rings. The van der Waals surface area contributed by atoms with Gasteiger partial charge in [-0.25, -0.2) is 4.98 Å². The molecule has 1 N–H and O–H groups in total. The van der Waals surface area contributed by atoms with Gasteiger partial charge in [-0.15, -0.1) is 0 Å². The van der Waals surface area contributed by atoms with Crippen LogP contribution in [0.5, 0.6) is 0 Å². The molecule has 112 valence electrons. The maximum Gasteiger partial charge on any atom is 0.261 e. The summed E-state index contributed by atoms with van der Waals surface area (Å²) >= 11 is 0. The number of ether oxygens (including phenoxy) is 1. The van der Waals surface area contributed by atoms with Crippen LogP contribution in [0, 0.1) is 0 Å². The van der Waals surface area contributed by atoms with E-state index in [4.69, 9.17) is 4.74 Å². The predicted octanol–water partition coefficient (Wildman–Crippen LogP) is 0.0896. The van der Waals surface area contributed by atoms with Crippen molar-refractivity contribution in [2.45, 2.75) is 12.6 Å². The van der Waals surface area contributed by atoms with Crippen molar-refractivity contribution in [1.82, 2.24) is 14.5 Å².